The van der Waals surface area contributed by atoms with Crippen LogP contribution in [0.1, 0.15) is 23.9 Å². The van der Waals surface area contributed by atoms with Crippen LogP contribution in [0.3, 0.4) is 0 Å². The lowest BCUT2D eigenvalue weighted by atomic mass is 10.1. The standard InChI is InChI=1S/C20H21N3O4/c1-12-18(13(2)27-23-12)11-19(24)21-22-20(25)14(3)26-17-9-8-15-6-4-5-7-16(15)10-17/h4-10,14H,11H2,1-3H3,(H,21,24)(H,22,25). The highest BCUT2D eigenvalue weighted by Crippen LogP contribution is 2.21. The summed E-state index contributed by atoms with van der Waals surface area (Å²) in [6, 6.07) is 13.5. The van der Waals surface area contributed by atoms with Crippen molar-refractivity contribution in [1.82, 2.24) is 16.0 Å². The molecule has 0 saturated carbocycles. The number of ether oxygens (including phenoxy) is 1. The van der Waals surface area contributed by atoms with Crippen LogP contribution in [0.4, 0.5) is 0 Å². The molecule has 0 spiro atoms. The second kappa shape index (κ2) is 7.90. The molecular weight excluding hydrogens is 346 g/mol. The van der Waals surface area contributed by atoms with Gasteiger partial charge in [0, 0.05) is 5.56 Å². The predicted molar refractivity (Wildman–Crippen MR) is 100 cm³/mol. The minimum atomic E-state index is -0.773. The van der Waals surface area contributed by atoms with E-state index in [0.717, 1.165) is 10.8 Å². The van der Waals surface area contributed by atoms with Crippen molar-refractivity contribution in [2.75, 3.05) is 0 Å². The van der Waals surface area contributed by atoms with Crippen LogP contribution in [-0.2, 0) is 16.0 Å². The number of nitrogens with zero attached hydrogens (tertiary/aromatic N) is 1. The number of nitrogens with one attached hydrogen (secondary N) is 2. The van der Waals surface area contributed by atoms with Crippen molar-refractivity contribution in [1.29, 1.82) is 0 Å². The van der Waals surface area contributed by atoms with E-state index in [1.165, 1.54) is 0 Å². The van der Waals surface area contributed by atoms with Gasteiger partial charge in [-0.15, -0.1) is 0 Å². The number of fused-ring (bicyclic) bond motifs is 1. The van der Waals surface area contributed by atoms with Gasteiger partial charge in [-0.2, -0.15) is 0 Å². The molecule has 3 aromatic rings. The Morgan fingerprint density at radius 1 is 1.11 bits per heavy atom. The number of carbonyl (C=O) groups is 2. The number of benzene rings is 2. The molecule has 2 amide bonds. The predicted octanol–water partition coefficient (Wildman–Crippen LogP) is 2.60. The van der Waals surface area contributed by atoms with Gasteiger partial charge >= 0.3 is 0 Å². The highest BCUT2D eigenvalue weighted by molar-refractivity contribution is 5.86. The van der Waals surface area contributed by atoms with Crippen molar-refractivity contribution >= 4 is 22.6 Å². The highest BCUT2D eigenvalue weighted by atomic mass is 16.5. The summed E-state index contributed by atoms with van der Waals surface area (Å²) in [6.45, 7) is 5.11. The van der Waals surface area contributed by atoms with E-state index in [1.54, 1.807) is 20.8 Å². The first-order valence-electron chi connectivity index (χ1n) is 8.60. The average molecular weight is 367 g/mol. The first-order valence-corrected chi connectivity index (χ1v) is 8.60. The summed E-state index contributed by atoms with van der Waals surface area (Å²) in [7, 11) is 0. The summed E-state index contributed by atoms with van der Waals surface area (Å²) < 4.78 is 10.7. The summed E-state index contributed by atoms with van der Waals surface area (Å²) in [4.78, 5) is 24.2. The summed E-state index contributed by atoms with van der Waals surface area (Å²) in [5.41, 5.74) is 6.13. The Balaban J connectivity index is 1.53. The number of aryl methyl sites for hydroxylation is 2. The lowest BCUT2D eigenvalue weighted by Crippen LogP contribution is -2.47. The topological polar surface area (TPSA) is 93.5 Å². The number of amides is 2. The molecular formula is C20H21N3O4. The van der Waals surface area contributed by atoms with Crippen LogP contribution in [0.15, 0.2) is 47.0 Å². The van der Waals surface area contributed by atoms with Crippen molar-refractivity contribution in [3.63, 3.8) is 0 Å². The van der Waals surface area contributed by atoms with Crippen LogP contribution in [-0.4, -0.2) is 23.1 Å². The van der Waals surface area contributed by atoms with E-state index in [0.29, 0.717) is 22.8 Å². The largest absolute Gasteiger partial charge is 0.481 e. The SMILES string of the molecule is Cc1noc(C)c1CC(=O)NNC(=O)C(C)Oc1ccc2ccccc2c1. The van der Waals surface area contributed by atoms with Crippen LogP contribution in [0.5, 0.6) is 5.75 Å². The Bertz CT molecular complexity index is 961. The molecule has 3 rings (SSSR count). The zero-order chi connectivity index (χ0) is 19.4. The number of rotatable bonds is 5. The molecule has 0 aliphatic carbocycles. The molecule has 0 bridgehead atoms. The normalized spacial score (nSPS) is 11.8. The summed E-state index contributed by atoms with van der Waals surface area (Å²) in [5.74, 6) is 0.353. The van der Waals surface area contributed by atoms with Crippen LogP contribution >= 0.6 is 0 Å². The van der Waals surface area contributed by atoms with Crippen LogP contribution in [0, 0.1) is 13.8 Å². The molecule has 7 heteroatoms. The van der Waals surface area contributed by atoms with Crippen molar-refractivity contribution in [3.8, 4) is 5.75 Å². The van der Waals surface area contributed by atoms with E-state index < -0.39 is 12.0 Å². The van der Waals surface area contributed by atoms with Gasteiger partial charge in [-0.1, -0.05) is 35.5 Å². The Morgan fingerprint density at radius 3 is 2.56 bits per heavy atom. The molecule has 0 radical (unpaired) electrons. The van der Waals surface area contributed by atoms with Gasteiger partial charge in [0.1, 0.15) is 11.5 Å². The van der Waals surface area contributed by atoms with Crippen LogP contribution < -0.4 is 15.6 Å². The van der Waals surface area contributed by atoms with E-state index in [2.05, 4.69) is 16.0 Å². The van der Waals surface area contributed by atoms with Crippen molar-refractivity contribution < 1.29 is 18.8 Å². The van der Waals surface area contributed by atoms with Gasteiger partial charge in [-0.05, 0) is 43.7 Å². The molecule has 27 heavy (non-hydrogen) atoms. The third-order valence-corrected chi connectivity index (χ3v) is 4.25. The molecule has 0 saturated heterocycles. The lowest BCUT2D eigenvalue weighted by Gasteiger charge is -2.15. The second-order valence-corrected chi connectivity index (χ2v) is 6.29. The molecule has 1 heterocycles. The number of aromatic nitrogens is 1. The van der Waals surface area contributed by atoms with E-state index >= 15 is 0 Å². The maximum Gasteiger partial charge on any atom is 0.279 e. The first-order chi connectivity index (χ1) is 12.9. The van der Waals surface area contributed by atoms with Crippen LogP contribution in [0.2, 0.25) is 0 Å². The van der Waals surface area contributed by atoms with E-state index in [1.807, 2.05) is 42.5 Å². The fourth-order valence-corrected chi connectivity index (χ4v) is 2.69. The van der Waals surface area contributed by atoms with Gasteiger partial charge in [-0.3, -0.25) is 20.4 Å². The van der Waals surface area contributed by atoms with Gasteiger partial charge < -0.3 is 9.26 Å². The second-order valence-electron chi connectivity index (χ2n) is 6.29. The fraction of sp³-hybridized carbons (Fsp3) is 0.250. The van der Waals surface area contributed by atoms with E-state index in [9.17, 15) is 9.59 Å². The molecule has 2 aromatic carbocycles. The maximum absolute atomic E-state index is 12.2. The first kappa shape index (κ1) is 18.4. The van der Waals surface area contributed by atoms with Gasteiger partial charge in [0.2, 0.25) is 5.91 Å². The van der Waals surface area contributed by atoms with Crippen molar-refractivity contribution in [3.05, 3.63) is 59.5 Å². The van der Waals surface area contributed by atoms with E-state index in [-0.39, 0.29) is 12.3 Å². The molecule has 1 unspecified atom stereocenters. The van der Waals surface area contributed by atoms with Crippen LogP contribution in [0.25, 0.3) is 10.8 Å². The maximum atomic E-state index is 12.2. The van der Waals surface area contributed by atoms with Crippen molar-refractivity contribution in [2.45, 2.75) is 33.3 Å². The zero-order valence-electron chi connectivity index (χ0n) is 15.4. The van der Waals surface area contributed by atoms with Gasteiger partial charge in [0.05, 0.1) is 12.1 Å². The smallest absolute Gasteiger partial charge is 0.279 e. The summed E-state index contributed by atoms with van der Waals surface area (Å²) in [6.07, 6.45) is -0.702. The molecule has 1 atom stereocenters. The molecule has 0 aliphatic heterocycles. The monoisotopic (exact) mass is 367 g/mol. The number of carbonyl (C=O) groups excluding carboxylic acids is 2. The third kappa shape index (κ3) is 4.44. The minimum absolute atomic E-state index is 0.0708. The Labute approximate surface area is 156 Å². The summed E-state index contributed by atoms with van der Waals surface area (Å²) in [5, 5.41) is 5.91. The molecule has 7 nitrogen and oxygen atoms in total. The number of hydrazine groups is 1. The minimum Gasteiger partial charge on any atom is -0.481 e. The highest BCUT2D eigenvalue weighted by Gasteiger charge is 2.17. The van der Waals surface area contributed by atoms with Crippen molar-refractivity contribution in [2.24, 2.45) is 0 Å². The zero-order valence-corrected chi connectivity index (χ0v) is 15.4. The Morgan fingerprint density at radius 2 is 1.85 bits per heavy atom. The lowest BCUT2D eigenvalue weighted by molar-refractivity contribution is -0.132. The van der Waals surface area contributed by atoms with E-state index in [4.69, 9.17) is 9.26 Å². The molecule has 1 aromatic heterocycles. The Kier molecular flexibility index (Phi) is 5.40. The molecule has 0 fully saturated rings. The molecule has 2 N–H and O–H groups in total. The molecule has 0 aliphatic rings. The quantitative estimate of drug-likeness (QED) is 0.676. The third-order valence-electron chi connectivity index (χ3n) is 4.25. The fourth-order valence-electron chi connectivity index (χ4n) is 2.69. The molecule has 140 valence electrons. The summed E-state index contributed by atoms with van der Waals surface area (Å²) >= 11 is 0. The average Bonchev–Trinajstić information content (AvgIpc) is 2.98. The Hall–Kier alpha value is -3.35. The number of hydrogen-bond acceptors (Lipinski definition) is 5. The number of hydrogen-bond donors (Lipinski definition) is 2. The van der Waals surface area contributed by atoms with Gasteiger partial charge in [0.25, 0.3) is 5.91 Å². The van der Waals surface area contributed by atoms with Gasteiger partial charge in [-0.25, -0.2) is 0 Å². The van der Waals surface area contributed by atoms with Gasteiger partial charge in [0.15, 0.2) is 6.10 Å².